The highest BCUT2D eigenvalue weighted by Crippen LogP contribution is 2.24. The van der Waals surface area contributed by atoms with Crippen molar-refractivity contribution in [2.75, 3.05) is 26.2 Å². The van der Waals surface area contributed by atoms with Gasteiger partial charge in [0.25, 0.3) is 5.69 Å². The number of nitrogens with one attached hydrogen (secondary N) is 1. The van der Waals surface area contributed by atoms with E-state index in [9.17, 15) is 18.5 Å². The van der Waals surface area contributed by atoms with Crippen LogP contribution in [0, 0.1) is 24.0 Å². The van der Waals surface area contributed by atoms with Gasteiger partial charge >= 0.3 is 0 Å². The Morgan fingerprint density at radius 3 is 2.44 bits per heavy atom. The van der Waals surface area contributed by atoms with E-state index in [1.165, 1.54) is 32.5 Å². The lowest BCUT2D eigenvalue weighted by Gasteiger charge is -2.31. The van der Waals surface area contributed by atoms with Crippen LogP contribution in [0.3, 0.4) is 0 Å². The minimum Gasteiger partial charge on any atom is -0.329 e. The molecule has 1 fully saturated rings. The topological polar surface area (TPSA) is 85.0 Å². The van der Waals surface area contributed by atoms with Gasteiger partial charge in [-0.05, 0) is 19.4 Å². The van der Waals surface area contributed by atoms with Gasteiger partial charge in [0.05, 0.1) is 36.0 Å². The molecule has 8 heteroatoms. The van der Waals surface area contributed by atoms with Crippen LogP contribution in [0.5, 0.6) is 0 Å². The van der Waals surface area contributed by atoms with Gasteiger partial charge in [-0.25, -0.2) is 8.42 Å². The minimum absolute atomic E-state index is 0.0267. The first kappa shape index (κ1) is 19.5. The summed E-state index contributed by atoms with van der Waals surface area (Å²) in [5.74, 6) is 0. The summed E-state index contributed by atoms with van der Waals surface area (Å²) in [6.07, 6.45) is 0. The second-order valence-electron chi connectivity index (χ2n) is 7.03. The molecule has 27 heavy (non-hydrogen) atoms. The zero-order chi connectivity index (χ0) is 19.6. The molecule has 0 spiro atoms. The first-order valence-corrected chi connectivity index (χ1v) is 10.4. The Morgan fingerprint density at radius 1 is 1.11 bits per heavy atom. The summed E-state index contributed by atoms with van der Waals surface area (Å²) >= 11 is 0. The number of nitro groups is 1. The summed E-state index contributed by atoms with van der Waals surface area (Å²) < 4.78 is 27.4. The first-order valence-electron chi connectivity index (χ1n) is 8.91. The molecule has 0 bridgehead atoms. The van der Waals surface area contributed by atoms with Crippen LogP contribution in [0.1, 0.15) is 16.7 Å². The van der Waals surface area contributed by atoms with Gasteiger partial charge < -0.3 is 4.90 Å². The van der Waals surface area contributed by atoms with Crippen LogP contribution < -0.4 is 4.90 Å². The van der Waals surface area contributed by atoms with Gasteiger partial charge in [-0.2, -0.15) is 4.31 Å². The summed E-state index contributed by atoms with van der Waals surface area (Å²) in [5.41, 5.74) is 2.78. The van der Waals surface area contributed by atoms with Crippen molar-refractivity contribution >= 4 is 15.7 Å². The standard InChI is InChI=1S/C19H23N3O4S/c1-15-4-3-5-17(12-15)14-20-8-10-21(11-9-20)27(25,26)19-13-18(22(23)24)7-6-16(19)2/h3-7,12-13H,8-11,14H2,1-2H3/p+1. The molecule has 3 rings (SSSR count). The number of aryl methyl sites for hydroxylation is 2. The molecule has 1 aliphatic rings. The number of benzene rings is 2. The number of nitrogens with zero attached hydrogens (tertiary/aromatic N) is 2. The number of non-ortho nitro benzene ring substituents is 1. The molecule has 1 heterocycles. The van der Waals surface area contributed by atoms with Crippen molar-refractivity contribution in [1.82, 2.24) is 4.31 Å². The predicted octanol–water partition coefficient (Wildman–Crippen LogP) is 1.30. The van der Waals surface area contributed by atoms with E-state index in [-0.39, 0.29) is 10.6 Å². The fraction of sp³-hybridized carbons (Fsp3) is 0.368. The van der Waals surface area contributed by atoms with Gasteiger partial charge in [-0.3, -0.25) is 10.1 Å². The van der Waals surface area contributed by atoms with Crippen molar-refractivity contribution < 1.29 is 18.2 Å². The first-order chi connectivity index (χ1) is 12.8. The molecule has 0 atom stereocenters. The highest BCUT2D eigenvalue weighted by molar-refractivity contribution is 7.89. The summed E-state index contributed by atoms with van der Waals surface area (Å²) in [6, 6.07) is 12.3. The van der Waals surface area contributed by atoms with E-state index in [0.717, 1.165) is 12.6 Å². The lowest BCUT2D eigenvalue weighted by molar-refractivity contribution is -0.917. The van der Waals surface area contributed by atoms with E-state index >= 15 is 0 Å². The molecule has 2 aromatic rings. The lowest BCUT2D eigenvalue weighted by atomic mass is 10.1. The Bertz CT molecular complexity index is 951. The Labute approximate surface area is 159 Å². The quantitative estimate of drug-likeness (QED) is 0.616. The van der Waals surface area contributed by atoms with Gasteiger partial charge in [-0.1, -0.05) is 35.9 Å². The fourth-order valence-corrected chi connectivity index (χ4v) is 5.14. The molecule has 1 saturated heterocycles. The van der Waals surface area contributed by atoms with Gasteiger partial charge in [0.1, 0.15) is 6.54 Å². The molecular weight excluding hydrogens is 366 g/mol. The number of nitro benzene ring substituents is 1. The summed E-state index contributed by atoms with van der Waals surface area (Å²) in [4.78, 5) is 11.8. The summed E-state index contributed by atoms with van der Waals surface area (Å²) in [5, 5.41) is 11.0. The molecule has 0 radical (unpaired) electrons. The van der Waals surface area contributed by atoms with Crippen molar-refractivity contribution in [2.45, 2.75) is 25.3 Å². The van der Waals surface area contributed by atoms with Crippen molar-refractivity contribution in [3.8, 4) is 0 Å². The zero-order valence-corrected chi connectivity index (χ0v) is 16.3. The monoisotopic (exact) mass is 390 g/mol. The third-order valence-electron chi connectivity index (χ3n) is 4.97. The van der Waals surface area contributed by atoms with Crippen LogP contribution in [-0.4, -0.2) is 43.8 Å². The minimum atomic E-state index is -3.74. The molecule has 0 aliphatic carbocycles. The van der Waals surface area contributed by atoms with Crippen molar-refractivity contribution in [2.24, 2.45) is 0 Å². The van der Waals surface area contributed by atoms with Crippen LogP contribution in [0.2, 0.25) is 0 Å². The number of sulfonamides is 1. The third kappa shape index (κ3) is 4.35. The zero-order valence-electron chi connectivity index (χ0n) is 15.5. The Hall–Kier alpha value is -2.29. The number of hydrogen-bond donors (Lipinski definition) is 1. The molecule has 7 nitrogen and oxygen atoms in total. The average Bonchev–Trinajstić information content (AvgIpc) is 2.62. The summed E-state index contributed by atoms with van der Waals surface area (Å²) in [7, 11) is -3.74. The van der Waals surface area contributed by atoms with Crippen molar-refractivity contribution in [1.29, 1.82) is 0 Å². The lowest BCUT2D eigenvalue weighted by Crippen LogP contribution is -3.13. The maximum absolute atomic E-state index is 13.0. The Morgan fingerprint density at radius 2 is 1.81 bits per heavy atom. The number of rotatable bonds is 5. The molecule has 1 N–H and O–H groups in total. The number of hydrogen-bond acceptors (Lipinski definition) is 4. The van der Waals surface area contributed by atoms with Gasteiger partial charge in [0, 0.05) is 17.7 Å². The van der Waals surface area contributed by atoms with E-state index in [0.29, 0.717) is 31.7 Å². The van der Waals surface area contributed by atoms with E-state index in [4.69, 9.17) is 0 Å². The molecule has 1 aliphatic heterocycles. The third-order valence-corrected chi connectivity index (χ3v) is 7.01. The van der Waals surface area contributed by atoms with Crippen molar-refractivity contribution in [3.05, 3.63) is 69.3 Å². The molecule has 0 unspecified atom stereocenters. The van der Waals surface area contributed by atoms with Gasteiger partial charge in [0.2, 0.25) is 10.0 Å². The molecular formula is C19H24N3O4S+. The van der Waals surface area contributed by atoms with Crippen LogP contribution >= 0.6 is 0 Å². The largest absolute Gasteiger partial charge is 0.329 e. The number of quaternary nitrogens is 1. The smallest absolute Gasteiger partial charge is 0.270 e. The normalized spacial score (nSPS) is 16.4. The Balaban J connectivity index is 1.71. The van der Waals surface area contributed by atoms with E-state index in [1.54, 1.807) is 6.92 Å². The van der Waals surface area contributed by atoms with Gasteiger partial charge in [-0.15, -0.1) is 0 Å². The van der Waals surface area contributed by atoms with Crippen LogP contribution in [0.25, 0.3) is 0 Å². The molecule has 0 saturated carbocycles. The Kier molecular flexibility index (Phi) is 5.59. The van der Waals surface area contributed by atoms with Crippen LogP contribution in [-0.2, 0) is 16.6 Å². The summed E-state index contributed by atoms with van der Waals surface area (Å²) in [6.45, 7) is 6.82. The molecule has 0 amide bonds. The van der Waals surface area contributed by atoms with E-state index in [1.807, 2.05) is 6.07 Å². The van der Waals surface area contributed by atoms with Crippen molar-refractivity contribution in [3.63, 3.8) is 0 Å². The molecule has 0 aromatic heterocycles. The van der Waals surface area contributed by atoms with Gasteiger partial charge in [0.15, 0.2) is 0 Å². The molecule has 2 aromatic carbocycles. The maximum Gasteiger partial charge on any atom is 0.270 e. The predicted molar refractivity (Wildman–Crippen MR) is 102 cm³/mol. The molecule has 144 valence electrons. The second kappa shape index (κ2) is 7.75. The highest BCUT2D eigenvalue weighted by Gasteiger charge is 2.32. The van der Waals surface area contributed by atoms with E-state index < -0.39 is 14.9 Å². The van der Waals surface area contributed by atoms with Crippen LogP contribution in [0.4, 0.5) is 5.69 Å². The van der Waals surface area contributed by atoms with E-state index in [2.05, 4.69) is 25.1 Å². The second-order valence-corrected chi connectivity index (χ2v) is 8.93. The number of piperazine rings is 1. The average molecular weight is 390 g/mol. The van der Waals surface area contributed by atoms with Crippen LogP contribution in [0.15, 0.2) is 47.4 Å². The highest BCUT2D eigenvalue weighted by atomic mass is 32.2. The fourth-order valence-electron chi connectivity index (χ4n) is 3.45. The SMILES string of the molecule is Cc1cccc(C[NH+]2CCN(S(=O)(=O)c3cc([N+](=O)[O-])ccc3C)CC2)c1. The maximum atomic E-state index is 13.0.